The van der Waals surface area contributed by atoms with E-state index in [1.54, 1.807) is 0 Å². The van der Waals surface area contributed by atoms with Crippen molar-refractivity contribution in [1.29, 1.82) is 0 Å². The largest absolute Gasteiger partial charge is 0.399 e. The van der Waals surface area contributed by atoms with Gasteiger partial charge in [-0.1, -0.05) is 20.8 Å². The molecular weight excluding hydrogens is 231 g/mol. The molecule has 18 heavy (non-hydrogen) atoms. The molecule has 0 heterocycles. The van der Waals surface area contributed by atoms with Crippen LogP contribution in [0.25, 0.3) is 0 Å². The zero-order valence-electron chi connectivity index (χ0n) is 11.2. The van der Waals surface area contributed by atoms with Crippen molar-refractivity contribution in [3.8, 4) is 0 Å². The molecule has 0 fully saturated rings. The maximum absolute atomic E-state index is 13.6. The third-order valence-electron chi connectivity index (χ3n) is 3.65. The van der Waals surface area contributed by atoms with E-state index in [9.17, 15) is 9.18 Å². The van der Waals surface area contributed by atoms with Crippen LogP contribution < -0.4 is 11.1 Å². The SMILES string of the molecule is CCC(CC)(CC)NC(=O)c1ccc(N)cc1F. The minimum Gasteiger partial charge on any atom is -0.399 e. The lowest BCUT2D eigenvalue weighted by Gasteiger charge is -2.31. The average Bonchev–Trinajstić information content (AvgIpc) is 2.36. The Morgan fingerprint density at radius 3 is 2.28 bits per heavy atom. The number of nitrogens with two attached hydrogens (primary N) is 1. The van der Waals surface area contributed by atoms with Gasteiger partial charge in [-0.15, -0.1) is 0 Å². The van der Waals surface area contributed by atoms with Crippen LogP contribution >= 0.6 is 0 Å². The van der Waals surface area contributed by atoms with Gasteiger partial charge >= 0.3 is 0 Å². The summed E-state index contributed by atoms with van der Waals surface area (Å²) in [4.78, 5) is 12.1. The summed E-state index contributed by atoms with van der Waals surface area (Å²) in [5.74, 6) is -0.956. The minimum absolute atomic E-state index is 0.0453. The van der Waals surface area contributed by atoms with Crippen molar-refractivity contribution in [2.45, 2.75) is 45.6 Å². The van der Waals surface area contributed by atoms with Gasteiger partial charge in [0.05, 0.1) is 5.56 Å². The van der Waals surface area contributed by atoms with Crippen molar-refractivity contribution in [3.05, 3.63) is 29.6 Å². The van der Waals surface area contributed by atoms with Gasteiger partial charge in [0.15, 0.2) is 0 Å². The predicted octanol–water partition coefficient (Wildman–Crippen LogP) is 3.11. The van der Waals surface area contributed by atoms with Crippen LogP contribution in [-0.2, 0) is 0 Å². The highest BCUT2D eigenvalue weighted by Crippen LogP contribution is 2.21. The standard InChI is InChI=1S/C14H21FN2O/c1-4-14(5-2,6-3)17-13(18)11-8-7-10(16)9-12(11)15/h7-9H,4-6,16H2,1-3H3,(H,17,18). The first kappa shape index (κ1) is 14.5. The molecule has 1 rings (SSSR count). The first-order valence-corrected chi connectivity index (χ1v) is 6.35. The molecule has 0 saturated heterocycles. The molecule has 0 aliphatic rings. The Balaban J connectivity index is 2.94. The molecule has 0 saturated carbocycles. The molecular formula is C14H21FN2O. The Bertz CT molecular complexity index is 420. The molecule has 0 atom stereocenters. The molecule has 0 aromatic heterocycles. The maximum Gasteiger partial charge on any atom is 0.254 e. The van der Waals surface area contributed by atoms with Crippen LogP contribution in [0.3, 0.4) is 0 Å². The van der Waals surface area contributed by atoms with Crippen molar-refractivity contribution in [3.63, 3.8) is 0 Å². The van der Waals surface area contributed by atoms with Crippen LogP contribution in [0, 0.1) is 5.82 Å². The monoisotopic (exact) mass is 252 g/mol. The normalized spacial score (nSPS) is 11.3. The molecule has 0 unspecified atom stereocenters. The quantitative estimate of drug-likeness (QED) is 0.791. The number of anilines is 1. The third-order valence-corrected chi connectivity index (χ3v) is 3.65. The molecule has 0 aliphatic heterocycles. The van der Waals surface area contributed by atoms with Gasteiger partial charge in [-0.05, 0) is 37.5 Å². The molecule has 100 valence electrons. The highest BCUT2D eigenvalue weighted by Gasteiger charge is 2.27. The van der Waals surface area contributed by atoms with Crippen LogP contribution in [0.15, 0.2) is 18.2 Å². The van der Waals surface area contributed by atoms with E-state index in [2.05, 4.69) is 5.32 Å². The molecule has 1 amide bonds. The number of amides is 1. The molecule has 4 heteroatoms. The molecule has 3 nitrogen and oxygen atoms in total. The van der Waals surface area contributed by atoms with Crippen LogP contribution in [0.4, 0.5) is 10.1 Å². The summed E-state index contributed by atoms with van der Waals surface area (Å²) in [5, 5.41) is 2.94. The number of rotatable bonds is 5. The third kappa shape index (κ3) is 3.00. The lowest BCUT2D eigenvalue weighted by Crippen LogP contribution is -2.47. The second-order valence-electron chi connectivity index (χ2n) is 4.53. The van der Waals surface area contributed by atoms with Gasteiger partial charge in [0.25, 0.3) is 5.91 Å². The van der Waals surface area contributed by atoms with Crippen LogP contribution in [0.2, 0.25) is 0 Å². The highest BCUT2D eigenvalue weighted by atomic mass is 19.1. The summed E-state index contributed by atoms with van der Waals surface area (Å²) >= 11 is 0. The van der Waals surface area contributed by atoms with E-state index < -0.39 is 5.82 Å². The summed E-state index contributed by atoms with van der Waals surface area (Å²) in [6.07, 6.45) is 2.47. The molecule has 1 aromatic carbocycles. The summed E-state index contributed by atoms with van der Waals surface area (Å²) < 4.78 is 13.6. The van der Waals surface area contributed by atoms with Crippen LogP contribution in [0.1, 0.15) is 50.4 Å². The van der Waals surface area contributed by atoms with Gasteiger partial charge < -0.3 is 11.1 Å². The Morgan fingerprint density at radius 1 is 1.28 bits per heavy atom. The van der Waals surface area contributed by atoms with Gasteiger partial charge in [0.1, 0.15) is 5.82 Å². The molecule has 1 aromatic rings. The number of hydrogen-bond acceptors (Lipinski definition) is 2. The zero-order valence-corrected chi connectivity index (χ0v) is 11.2. The van der Waals surface area contributed by atoms with E-state index in [0.29, 0.717) is 5.69 Å². The van der Waals surface area contributed by atoms with Crippen LogP contribution in [-0.4, -0.2) is 11.4 Å². The Labute approximate surface area is 108 Å². The van der Waals surface area contributed by atoms with E-state index in [4.69, 9.17) is 5.73 Å². The van der Waals surface area contributed by atoms with E-state index in [1.165, 1.54) is 18.2 Å². The first-order valence-electron chi connectivity index (χ1n) is 6.35. The van der Waals surface area contributed by atoms with E-state index in [-0.39, 0.29) is 17.0 Å². The van der Waals surface area contributed by atoms with Crippen molar-refractivity contribution >= 4 is 11.6 Å². The fourth-order valence-corrected chi connectivity index (χ4v) is 2.04. The second kappa shape index (κ2) is 5.85. The van der Waals surface area contributed by atoms with Gasteiger partial charge in [-0.3, -0.25) is 4.79 Å². The summed E-state index contributed by atoms with van der Waals surface area (Å²) in [6.45, 7) is 6.06. The first-order chi connectivity index (χ1) is 8.48. The molecule has 0 radical (unpaired) electrons. The lowest BCUT2D eigenvalue weighted by atomic mass is 9.89. The smallest absolute Gasteiger partial charge is 0.254 e. The van der Waals surface area contributed by atoms with Gasteiger partial charge in [0, 0.05) is 11.2 Å². The zero-order chi connectivity index (χ0) is 13.8. The number of carbonyl (C=O) groups is 1. The summed E-state index contributed by atoms with van der Waals surface area (Å²) in [5.41, 5.74) is 5.56. The topological polar surface area (TPSA) is 55.1 Å². The van der Waals surface area contributed by atoms with E-state index in [1.807, 2.05) is 20.8 Å². The van der Waals surface area contributed by atoms with Gasteiger partial charge in [-0.25, -0.2) is 4.39 Å². The molecule has 0 spiro atoms. The molecule has 0 bridgehead atoms. The van der Waals surface area contributed by atoms with E-state index >= 15 is 0 Å². The van der Waals surface area contributed by atoms with Crippen molar-refractivity contribution in [2.75, 3.05) is 5.73 Å². The van der Waals surface area contributed by atoms with Crippen molar-refractivity contribution in [1.82, 2.24) is 5.32 Å². The van der Waals surface area contributed by atoms with Gasteiger partial charge in [-0.2, -0.15) is 0 Å². The van der Waals surface area contributed by atoms with E-state index in [0.717, 1.165) is 19.3 Å². The Morgan fingerprint density at radius 2 is 1.83 bits per heavy atom. The number of benzene rings is 1. The number of carbonyl (C=O) groups excluding carboxylic acids is 1. The molecule has 3 N–H and O–H groups in total. The van der Waals surface area contributed by atoms with Crippen LogP contribution in [0.5, 0.6) is 0 Å². The average molecular weight is 252 g/mol. The maximum atomic E-state index is 13.6. The fraction of sp³-hybridized carbons (Fsp3) is 0.500. The summed E-state index contributed by atoms with van der Waals surface area (Å²) in [7, 11) is 0. The number of nitrogens with one attached hydrogen (secondary N) is 1. The predicted molar refractivity (Wildman–Crippen MR) is 71.9 cm³/mol. The second-order valence-corrected chi connectivity index (χ2v) is 4.53. The minimum atomic E-state index is -0.579. The van der Waals surface area contributed by atoms with Crippen molar-refractivity contribution < 1.29 is 9.18 Å². The Hall–Kier alpha value is -1.58. The highest BCUT2D eigenvalue weighted by molar-refractivity contribution is 5.95. The van der Waals surface area contributed by atoms with Crippen molar-refractivity contribution in [2.24, 2.45) is 0 Å². The number of nitrogen functional groups attached to an aromatic ring is 1. The van der Waals surface area contributed by atoms with Gasteiger partial charge in [0.2, 0.25) is 0 Å². The number of halogens is 1. The molecule has 0 aliphatic carbocycles. The summed E-state index contributed by atoms with van der Waals surface area (Å²) in [6, 6.07) is 4.12. The lowest BCUT2D eigenvalue weighted by molar-refractivity contribution is 0.0884. The fourth-order valence-electron chi connectivity index (χ4n) is 2.04. The number of hydrogen-bond donors (Lipinski definition) is 2. The Kier molecular flexibility index (Phi) is 4.70.